The maximum absolute atomic E-state index is 6.04. The summed E-state index contributed by atoms with van der Waals surface area (Å²) in [6.07, 6.45) is 6.52. The molecule has 0 amide bonds. The first-order chi connectivity index (χ1) is 4.64. The summed E-state index contributed by atoms with van der Waals surface area (Å²) in [5.74, 6) is 0.906. The molecule has 1 nitrogen and oxygen atoms in total. The zero-order chi connectivity index (χ0) is 7.61. The van der Waals surface area contributed by atoms with Gasteiger partial charge in [0.25, 0.3) is 0 Å². The standard InChI is InChI=1S/C9H19N.ClH/c1-3-8-5-4-6-9(2,10)7-8;/h8H,3-7,10H2,1-2H3;1H/t8-,9-;/m0./s1. The first-order valence-electron chi connectivity index (χ1n) is 4.43. The summed E-state index contributed by atoms with van der Waals surface area (Å²) in [5.41, 5.74) is 6.20. The number of rotatable bonds is 1. The van der Waals surface area contributed by atoms with Gasteiger partial charge in [0.15, 0.2) is 0 Å². The van der Waals surface area contributed by atoms with Crippen molar-refractivity contribution in [2.24, 2.45) is 11.7 Å². The van der Waals surface area contributed by atoms with E-state index in [4.69, 9.17) is 5.73 Å². The van der Waals surface area contributed by atoms with E-state index < -0.39 is 0 Å². The molecule has 0 heterocycles. The van der Waals surface area contributed by atoms with Crippen LogP contribution in [0.4, 0.5) is 0 Å². The van der Waals surface area contributed by atoms with Gasteiger partial charge in [0.05, 0.1) is 0 Å². The van der Waals surface area contributed by atoms with Gasteiger partial charge >= 0.3 is 0 Å². The number of nitrogens with two attached hydrogens (primary N) is 1. The van der Waals surface area contributed by atoms with Crippen LogP contribution in [0.1, 0.15) is 46.0 Å². The van der Waals surface area contributed by atoms with Crippen molar-refractivity contribution >= 4 is 12.4 Å². The Labute approximate surface area is 76.1 Å². The van der Waals surface area contributed by atoms with E-state index in [1.165, 1.54) is 32.1 Å². The van der Waals surface area contributed by atoms with Gasteiger partial charge in [0.1, 0.15) is 0 Å². The quantitative estimate of drug-likeness (QED) is 0.655. The average molecular weight is 178 g/mol. The summed E-state index contributed by atoms with van der Waals surface area (Å²) in [6.45, 7) is 4.46. The summed E-state index contributed by atoms with van der Waals surface area (Å²) in [4.78, 5) is 0. The molecule has 0 aromatic heterocycles. The zero-order valence-corrected chi connectivity index (χ0v) is 8.41. The Balaban J connectivity index is 0.000001000. The molecule has 0 unspecified atom stereocenters. The Kier molecular flexibility index (Phi) is 4.42. The van der Waals surface area contributed by atoms with Gasteiger partial charge in [-0.25, -0.2) is 0 Å². The van der Waals surface area contributed by atoms with Crippen LogP contribution >= 0.6 is 12.4 Å². The lowest BCUT2D eigenvalue weighted by Gasteiger charge is -2.34. The van der Waals surface area contributed by atoms with Crippen molar-refractivity contribution in [3.63, 3.8) is 0 Å². The second kappa shape index (κ2) is 4.32. The molecule has 1 rings (SSSR count). The lowest BCUT2D eigenvalue weighted by Crippen LogP contribution is -2.40. The third kappa shape index (κ3) is 3.44. The largest absolute Gasteiger partial charge is 0.325 e. The SMILES string of the molecule is CC[C@H]1CCC[C@](C)(N)C1.Cl. The summed E-state index contributed by atoms with van der Waals surface area (Å²) >= 11 is 0. The predicted octanol–water partition coefficient (Wildman–Crippen LogP) is 2.73. The Bertz CT molecular complexity index is 112. The zero-order valence-electron chi connectivity index (χ0n) is 7.60. The molecule has 0 bridgehead atoms. The van der Waals surface area contributed by atoms with Crippen LogP contribution in [0.2, 0.25) is 0 Å². The van der Waals surface area contributed by atoms with Gasteiger partial charge in [0.2, 0.25) is 0 Å². The molecule has 1 aliphatic rings. The number of halogens is 1. The minimum absolute atomic E-state index is 0. The maximum atomic E-state index is 6.04. The fourth-order valence-electron chi connectivity index (χ4n) is 2.01. The lowest BCUT2D eigenvalue weighted by molar-refractivity contribution is 0.237. The molecule has 0 aromatic rings. The third-order valence-corrected chi connectivity index (χ3v) is 2.69. The van der Waals surface area contributed by atoms with Crippen LogP contribution in [0.5, 0.6) is 0 Å². The van der Waals surface area contributed by atoms with Gasteiger partial charge in [-0.05, 0) is 25.7 Å². The molecule has 1 aliphatic carbocycles. The molecule has 0 spiro atoms. The van der Waals surface area contributed by atoms with Crippen molar-refractivity contribution in [1.29, 1.82) is 0 Å². The molecule has 2 atom stereocenters. The summed E-state index contributed by atoms with van der Waals surface area (Å²) < 4.78 is 0. The van der Waals surface area contributed by atoms with E-state index in [1.54, 1.807) is 0 Å². The third-order valence-electron chi connectivity index (χ3n) is 2.69. The maximum Gasteiger partial charge on any atom is 0.0128 e. The normalized spacial score (nSPS) is 37.9. The molecule has 0 saturated heterocycles. The summed E-state index contributed by atoms with van der Waals surface area (Å²) in [7, 11) is 0. The Morgan fingerprint density at radius 2 is 2.18 bits per heavy atom. The minimum Gasteiger partial charge on any atom is -0.325 e. The molecule has 1 fully saturated rings. The molecule has 0 radical (unpaired) electrons. The van der Waals surface area contributed by atoms with Crippen molar-refractivity contribution < 1.29 is 0 Å². The molecule has 0 aromatic carbocycles. The van der Waals surface area contributed by atoms with Crippen LogP contribution in [0.15, 0.2) is 0 Å². The van der Waals surface area contributed by atoms with E-state index in [1.807, 2.05) is 0 Å². The van der Waals surface area contributed by atoms with Crippen molar-refractivity contribution in [3.8, 4) is 0 Å². The fourth-order valence-corrected chi connectivity index (χ4v) is 2.01. The number of hydrogen-bond acceptors (Lipinski definition) is 1. The van der Waals surface area contributed by atoms with E-state index in [2.05, 4.69) is 13.8 Å². The molecule has 68 valence electrons. The highest BCUT2D eigenvalue weighted by atomic mass is 35.5. The molecule has 2 heteroatoms. The van der Waals surface area contributed by atoms with Crippen LogP contribution in [0, 0.1) is 5.92 Å². The fraction of sp³-hybridized carbons (Fsp3) is 1.00. The van der Waals surface area contributed by atoms with E-state index >= 15 is 0 Å². The molecule has 11 heavy (non-hydrogen) atoms. The van der Waals surface area contributed by atoms with Crippen LogP contribution in [0.3, 0.4) is 0 Å². The topological polar surface area (TPSA) is 26.0 Å². The average Bonchev–Trinajstić information content (AvgIpc) is 1.86. The van der Waals surface area contributed by atoms with Gasteiger partial charge in [-0.15, -0.1) is 12.4 Å². The van der Waals surface area contributed by atoms with Gasteiger partial charge < -0.3 is 5.73 Å². The molecule has 2 N–H and O–H groups in total. The minimum atomic E-state index is 0. The summed E-state index contributed by atoms with van der Waals surface area (Å²) in [5, 5.41) is 0. The van der Waals surface area contributed by atoms with Crippen LogP contribution in [-0.4, -0.2) is 5.54 Å². The van der Waals surface area contributed by atoms with Crippen molar-refractivity contribution in [2.45, 2.75) is 51.5 Å². The van der Waals surface area contributed by atoms with Crippen LogP contribution in [0.25, 0.3) is 0 Å². The highest BCUT2D eigenvalue weighted by molar-refractivity contribution is 5.85. The Morgan fingerprint density at radius 3 is 2.55 bits per heavy atom. The number of hydrogen-bond donors (Lipinski definition) is 1. The van der Waals surface area contributed by atoms with Crippen LogP contribution < -0.4 is 5.73 Å². The van der Waals surface area contributed by atoms with E-state index in [0.29, 0.717) is 0 Å². The second-order valence-corrected chi connectivity index (χ2v) is 4.02. The Hall–Kier alpha value is 0.250. The first-order valence-corrected chi connectivity index (χ1v) is 4.43. The van der Waals surface area contributed by atoms with Gasteiger partial charge in [0, 0.05) is 5.54 Å². The lowest BCUT2D eigenvalue weighted by atomic mass is 9.76. The summed E-state index contributed by atoms with van der Waals surface area (Å²) in [6, 6.07) is 0. The van der Waals surface area contributed by atoms with Crippen molar-refractivity contribution in [3.05, 3.63) is 0 Å². The van der Waals surface area contributed by atoms with Crippen LogP contribution in [-0.2, 0) is 0 Å². The van der Waals surface area contributed by atoms with Crippen molar-refractivity contribution in [1.82, 2.24) is 0 Å². The predicted molar refractivity (Wildman–Crippen MR) is 52.1 cm³/mol. The molecule has 1 saturated carbocycles. The van der Waals surface area contributed by atoms with E-state index in [0.717, 1.165) is 5.92 Å². The molecular weight excluding hydrogens is 158 g/mol. The molecule has 0 aliphatic heterocycles. The molecular formula is C9H20ClN. The van der Waals surface area contributed by atoms with Gasteiger partial charge in [-0.3, -0.25) is 0 Å². The highest BCUT2D eigenvalue weighted by Gasteiger charge is 2.26. The smallest absolute Gasteiger partial charge is 0.0128 e. The monoisotopic (exact) mass is 177 g/mol. The van der Waals surface area contributed by atoms with Gasteiger partial charge in [-0.1, -0.05) is 26.2 Å². The van der Waals surface area contributed by atoms with Crippen molar-refractivity contribution in [2.75, 3.05) is 0 Å². The second-order valence-electron chi connectivity index (χ2n) is 4.02. The van der Waals surface area contributed by atoms with E-state index in [9.17, 15) is 0 Å². The first kappa shape index (κ1) is 11.2. The highest BCUT2D eigenvalue weighted by Crippen LogP contribution is 2.31. The van der Waals surface area contributed by atoms with E-state index in [-0.39, 0.29) is 17.9 Å². The Morgan fingerprint density at radius 1 is 1.55 bits per heavy atom. The van der Waals surface area contributed by atoms with Gasteiger partial charge in [-0.2, -0.15) is 0 Å².